The number of phosphoric ester groups is 1. The third-order valence-electron chi connectivity index (χ3n) is 2.26. The predicted octanol–water partition coefficient (Wildman–Crippen LogP) is 0.961. The molecule has 0 saturated heterocycles. The first kappa shape index (κ1) is 27.8. The van der Waals surface area contributed by atoms with Gasteiger partial charge in [0.1, 0.15) is 19.8 Å². The second-order valence-electron chi connectivity index (χ2n) is 5.55. The Kier molecular flexibility index (Phi) is 14.4. The van der Waals surface area contributed by atoms with E-state index in [9.17, 15) is 19.0 Å². The number of phosphoric acid groups is 1. The van der Waals surface area contributed by atoms with Crippen LogP contribution in [0.25, 0.3) is 0 Å². The molecule has 146 valence electrons. The third kappa shape index (κ3) is 15.9. The highest BCUT2D eigenvalue weighted by atomic mass is 31.2. The van der Waals surface area contributed by atoms with Crippen LogP contribution < -0.4 is 4.89 Å². The van der Waals surface area contributed by atoms with E-state index >= 15 is 0 Å². The van der Waals surface area contributed by atoms with Gasteiger partial charge in [0.15, 0.2) is 6.10 Å². The van der Waals surface area contributed by atoms with Crippen molar-refractivity contribution >= 4 is 19.8 Å². The van der Waals surface area contributed by atoms with Crippen LogP contribution in [0, 0.1) is 0 Å². The van der Waals surface area contributed by atoms with Crippen LogP contribution >= 0.6 is 7.82 Å². The number of quaternary nitrogens is 1. The molecule has 0 aromatic carbocycles. The molecule has 2 atom stereocenters. The second-order valence-corrected chi connectivity index (χ2v) is 6.96. The smallest absolute Gasteiger partial charge is 0.347 e. The fourth-order valence-corrected chi connectivity index (χ4v) is 1.85. The van der Waals surface area contributed by atoms with Crippen LogP contribution in [0.3, 0.4) is 0 Å². The monoisotopic (exact) mass is 373 g/mol. The minimum Gasteiger partial charge on any atom is -0.756 e. The molecule has 0 bridgehead atoms. The van der Waals surface area contributed by atoms with Gasteiger partial charge in [0, 0.05) is 6.92 Å². The summed E-state index contributed by atoms with van der Waals surface area (Å²) >= 11 is 0. The number of carbonyl (C=O) groups excluding carboxylic acids is 2. The number of rotatable bonds is 10. The maximum atomic E-state index is 11.4. The molecule has 0 radical (unpaired) electrons. The maximum Gasteiger partial charge on any atom is 0.347 e. The average Bonchev–Trinajstić information content (AvgIpc) is 2.31. The van der Waals surface area contributed by atoms with Crippen LogP contribution in [0.1, 0.15) is 28.7 Å². The van der Waals surface area contributed by atoms with E-state index in [1.165, 1.54) is 6.92 Å². The summed E-state index contributed by atoms with van der Waals surface area (Å²) in [5.41, 5.74) is 0. The molecule has 0 fully saturated rings. The van der Waals surface area contributed by atoms with Crippen molar-refractivity contribution < 1.29 is 42.1 Å². The van der Waals surface area contributed by atoms with E-state index in [0.29, 0.717) is 11.0 Å². The molecule has 0 aromatic rings. The number of carbonyl (C=O) groups is 2. The van der Waals surface area contributed by atoms with Crippen LogP contribution in [-0.4, -0.2) is 70.0 Å². The topological polar surface area (TPSA) is 111 Å². The Morgan fingerprint density at radius 1 is 1.08 bits per heavy atom. The Balaban J connectivity index is -0.00000220. The summed E-state index contributed by atoms with van der Waals surface area (Å²) < 4.78 is 30.5. The van der Waals surface area contributed by atoms with E-state index in [0.717, 1.165) is 6.92 Å². The predicted molar refractivity (Wildman–Crippen MR) is 88.1 cm³/mol. The van der Waals surface area contributed by atoms with Gasteiger partial charge < -0.3 is 27.9 Å². The quantitative estimate of drug-likeness (QED) is 0.241. The Morgan fingerprint density at radius 2 is 1.58 bits per heavy atom. The van der Waals surface area contributed by atoms with E-state index in [-0.39, 0.29) is 34.7 Å². The lowest BCUT2D eigenvalue weighted by Gasteiger charge is -2.27. The van der Waals surface area contributed by atoms with E-state index in [2.05, 4.69) is 13.8 Å². The van der Waals surface area contributed by atoms with Gasteiger partial charge in [-0.05, 0) is 6.92 Å². The van der Waals surface area contributed by atoms with Gasteiger partial charge >= 0.3 is 11.9 Å². The first-order chi connectivity index (χ1) is 9.93. The van der Waals surface area contributed by atoms with Crippen molar-refractivity contribution in [3.05, 3.63) is 0 Å². The van der Waals surface area contributed by atoms with Gasteiger partial charge in [0.25, 0.3) is 7.82 Å². The summed E-state index contributed by atoms with van der Waals surface area (Å²) in [6, 6.07) is 0. The van der Waals surface area contributed by atoms with Crippen LogP contribution in [0.2, 0.25) is 0 Å². The number of likely N-dealkylation sites (N-methyl/N-ethyl adjacent to an activating group) is 1. The molecule has 0 saturated carbocycles. The summed E-state index contributed by atoms with van der Waals surface area (Å²) in [6.45, 7) is 2.32. The zero-order valence-corrected chi connectivity index (χ0v) is 14.5. The summed E-state index contributed by atoms with van der Waals surface area (Å²) in [5, 5.41) is 0. The van der Waals surface area contributed by atoms with Crippen LogP contribution in [0.4, 0.5) is 0 Å². The van der Waals surface area contributed by atoms with Gasteiger partial charge in [-0.2, -0.15) is 0 Å². The Labute approximate surface area is 145 Å². The van der Waals surface area contributed by atoms with Crippen molar-refractivity contribution in [3.8, 4) is 0 Å². The first-order valence-corrected chi connectivity index (χ1v) is 8.13. The summed E-state index contributed by atoms with van der Waals surface area (Å²) in [7, 11) is 1.26. The number of hydrogen-bond acceptors (Lipinski definition) is 8. The average molecular weight is 373 g/mol. The number of esters is 2. The highest BCUT2D eigenvalue weighted by Gasteiger charge is 2.18. The highest BCUT2D eigenvalue weighted by Crippen LogP contribution is 2.37. The molecule has 9 nitrogen and oxygen atoms in total. The van der Waals surface area contributed by atoms with Crippen LogP contribution in [0.5, 0.6) is 0 Å². The maximum absolute atomic E-state index is 11.4. The number of hydrogen-bond donors (Lipinski definition) is 0. The van der Waals surface area contributed by atoms with Gasteiger partial charge in [0.2, 0.25) is 0 Å². The molecular weight excluding hydrogens is 341 g/mol. The van der Waals surface area contributed by atoms with Crippen molar-refractivity contribution in [2.24, 2.45) is 0 Å². The molecular formula is C14H32NO8P. The van der Waals surface area contributed by atoms with E-state index in [1.807, 2.05) is 21.1 Å². The fraction of sp³-hybridized carbons (Fsp3) is 0.857. The van der Waals surface area contributed by atoms with E-state index in [4.69, 9.17) is 4.74 Å². The molecule has 0 aliphatic heterocycles. The minimum absolute atomic E-state index is 0. The Bertz CT molecular complexity index is 421. The molecule has 0 aliphatic rings. The van der Waals surface area contributed by atoms with Gasteiger partial charge in [-0.25, -0.2) is 4.79 Å². The second kappa shape index (κ2) is 12.4. The lowest BCUT2D eigenvalue weighted by atomic mass is 10.4. The standard InChI is InChI=1S/C12H24NO8P.2CH4/c1-10(21-11(2)14)12(15)18-8-9-20-22(16,17)19-7-6-13(3,4)5;;/h10H,6-9H2,1-5H3;2*1H4. The Hall–Kier alpha value is -0.990. The fourth-order valence-electron chi connectivity index (χ4n) is 1.17. The largest absolute Gasteiger partial charge is 0.756 e. The van der Waals surface area contributed by atoms with Crippen LogP contribution in [0.15, 0.2) is 0 Å². The lowest BCUT2D eigenvalue weighted by Crippen LogP contribution is -2.37. The van der Waals surface area contributed by atoms with Crippen molar-refractivity contribution in [1.82, 2.24) is 0 Å². The Morgan fingerprint density at radius 3 is 2.04 bits per heavy atom. The number of ether oxygens (including phenoxy) is 2. The summed E-state index contributed by atoms with van der Waals surface area (Å²) in [4.78, 5) is 33.4. The SMILES string of the molecule is C.C.CC(=O)OC(C)C(=O)OCCOP(=O)([O-])OCC[N+](C)(C)C. The van der Waals surface area contributed by atoms with Crippen molar-refractivity contribution in [1.29, 1.82) is 0 Å². The molecule has 24 heavy (non-hydrogen) atoms. The van der Waals surface area contributed by atoms with E-state index < -0.39 is 25.9 Å². The van der Waals surface area contributed by atoms with E-state index in [1.54, 1.807) is 0 Å². The molecule has 0 aromatic heterocycles. The molecule has 0 N–H and O–H groups in total. The normalized spacial score (nSPS) is 14.4. The molecule has 2 unspecified atom stereocenters. The first-order valence-electron chi connectivity index (χ1n) is 6.67. The minimum atomic E-state index is -4.42. The number of nitrogens with zero attached hydrogens (tertiary/aromatic N) is 1. The van der Waals surface area contributed by atoms with Gasteiger partial charge in [0.05, 0.1) is 27.7 Å². The molecule has 10 heteroatoms. The molecule has 0 aliphatic carbocycles. The molecule has 0 spiro atoms. The van der Waals surface area contributed by atoms with Crippen molar-refractivity contribution in [2.45, 2.75) is 34.8 Å². The van der Waals surface area contributed by atoms with Gasteiger partial charge in [-0.1, -0.05) is 14.9 Å². The van der Waals surface area contributed by atoms with Gasteiger partial charge in [-0.3, -0.25) is 9.36 Å². The van der Waals surface area contributed by atoms with Crippen molar-refractivity contribution in [2.75, 3.05) is 47.5 Å². The van der Waals surface area contributed by atoms with Gasteiger partial charge in [-0.15, -0.1) is 0 Å². The molecule has 0 heterocycles. The molecule has 0 amide bonds. The van der Waals surface area contributed by atoms with Crippen LogP contribution in [-0.2, 0) is 32.7 Å². The zero-order chi connectivity index (χ0) is 17.4. The zero-order valence-electron chi connectivity index (χ0n) is 13.6. The third-order valence-corrected chi connectivity index (χ3v) is 3.26. The molecule has 0 rings (SSSR count). The summed E-state index contributed by atoms with van der Waals surface area (Å²) in [6.07, 6.45) is -1.06. The van der Waals surface area contributed by atoms with Crippen molar-refractivity contribution in [3.63, 3.8) is 0 Å². The lowest BCUT2D eigenvalue weighted by molar-refractivity contribution is -0.870. The highest BCUT2D eigenvalue weighted by molar-refractivity contribution is 7.45. The summed E-state index contributed by atoms with van der Waals surface area (Å²) in [5.74, 6) is -1.40.